The second-order valence-corrected chi connectivity index (χ2v) is 10.3. The first-order valence-electron chi connectivity index (χ1n) is 14.3. The molecule has 2 heteroatoms. The standard InChI is InChI=1S/C29H58O2/c1-4-6-8-10-12-14-15-17-19-21-23-25-28(26-27(3)29(30)31)24-22-20-18-16-13-11-9-7-5-2/h27-28H,4-26H2,1-3H3,(H,30,31)/t27-,28-/m1/s1. The summed E-state index contributed by atoms with van der Waals surface area (Å²) in [7, 11) is 0. The third-order valence-corrected chi connectivity index (χ3v) is 7.04. The predicted octanol–water partition coefficient (Wildman–Crippen LogP) is 10.3. The normalized spacial score (nSPS) is 13.4. The smallest absolute Gasteiger partial charge is 0.306 e. The van der Waals surface area contributed by atoms with E-state index in [1.165, 1.54) is 141 Å². The lowest BCUT2D eigenvalue weighted by atomic mass is 9.87. The maximum atomic E-state index is 11.3. The third kappa shape index (κ3) is 22.5. The van der Waals surface area contributed by atoms with Crippen LogP contribution in [-0.4, -0.2) is 11.1 Å². The average Bonchev–Trinajstić information content (AvgIpc) is 2.75. The first-order valence-corrected chi connectivity index (χ1v) is 14.3. The number of carboxylic acids is 1. The molecular weight excluding hydrogens is 380 g/mol. The van der Waals surface area contributed by atoms with Gasteiger partial charge in [-0.05, 0) is 12.3 Å². The SMILES string of the molecule is CCCCCCCCCCCCC[C@@H](CCCCCCCCCCC)C[C@@H](C)C(=O)O. The predicted molar refractivity (Wildman–Crippen MR) is 138 cm³/mol. The van der Waals surface area contributed by atoms with Crippen LogP contribution in [0.1, 0.15) is 168 Å². The highest BCUT2D eigenvalue weighted by molar-refractivity contribution is 5.69. The maximum absolute atomic E-state index is 11.3. The van der Waals surface area contributed by atoms with Crippen molar-refractivity contribution in [1.82, 2.24) is 0 Å². The van der Waals surface area contributed by atoms with Gasteiger partial charge in [0.2, 0.25) is 0 Å². The highest BCUT2D eigenvalue weighted by Gasteiger charge is 2.17. The summed E-state index contributed by atoms with van der Waals surface area (Å²) in [5.41, 5.74) is 0. The summed E-state index contributed by atoms with van der Waals surface area (Å²) >= 11 is 0. The molecule has 0 aliphatic rings. The van der Waals surface area contributed by atoms with Crippen LogP contribution in [0.25, 0.3) is 0 Å². The summed E-state index contributed by atoms with van der Waals surface area (Å²) in [5, 5.41) is 9.32. The molecule has 2 atom stereocenters. The Hall–Kier alpha value is -0.530. The van der Waals surface area contributed by atoms with E-state index in [1.807, 2.05) is 6.92 Å². The van der Waals surface area contributed by atoms with E-state index in [9.17, 15) is 9.90 Å². The molecule has 31 heavy (non-hydrogen) atoms. The second kappa shape index (κ2) is 24.1. The quantitative estimate of drug-likeness (QED) is 0.144. The van der Waals surface area contributed by atoms with Crippen molar-refractivity contribution >= 4 is 5.97 Å². The Balaban J connectivity index is 3.79. The molecule has 0 saturated heterocycles. The molecule has 0 heterocycles. The van der Waals surface area contributed by atoms with Crippen molar-refractivity contribution in [3.8, 4) is 0 Å². The lowest BCUT2D eigenvalue weighted by molar-refractivity contribution is -0.141. The zero-order chi connectivity index (χ0) is 23.0. The van der Waals surface area contributed by atoms with Crippen LogP contribution in [0.5, 0.6) is 0 Å². The molecule has 0 spiro atoms. The van der Waals surface area contributed by atoms with Crippen molar-refractivity contribution in [1.29, 1.82) is 0 Å². The number of unbranched alkanes of at least 4 members (excludes halogenated alkanes) is 18. The van der Waals surface area contributed by atoms with Gasteiger partial charge in [0.15, 0.2) is 0 Å². The molecule has 0 unspecified atom stereocenters. The van der Waals surface area contributed by atoms with Gasteiger partial charge in [0, 0.05) is 0 Å². The molecule has 0 aliphatic heterocycles. The largest absolute Gasteiger partial charge is 0.481 e. The van der Waals surface area contributed by atoms with E-state index in [2.05, 4.69) is 13.8 Å². The summed E-state index contributed by atoms with van der Waals surface area (Å²) in [5.74, 6) is -0.179. The Morgan fingerprint density at radius 1 is 0.548 bits per heavy atom. The van der Waals surface area contributed by atoms with Crippen LogP contribution in [0.15, 0.2) is 0 Å². The van der Waals surface area contributed by atoms with Crippen LogP contribution >= 0.6 is 0 Å². The molecule has 0 bridgehead atoms. The Morgan fingerprint density at radius 2 is 0.839 bits per heavy atom. The molecule has 1 N–H and O–H groups in total. The van der Waals surface area contributed by atoms with Crippen molar-refractivity contribution in [2.45, 2.75) is 168 Å². The van der Waals surface area contributed by atoms with Crippen LogP contribution in [0.2, 0.25) is 0 Å². The summed E-state index contributed by atoms with van der Waals surface area (Å²) in [6, 6.07) is 0. The minimum Gasteiger partial charge on any atom is -0.481 e. The van der Waals surface area contributed by atoms with Gasteiger partial charge >= 0.3 is 5.97 Å². The second-order valence-electron chi connectivity index (χ2n) is 10.3. The molecule has 0 aromatic carbocycles. The lowest BCUT2D eigenvalue weighted by Crippen LogP contribution is -2.15. The van der Waals surface area contributed by atoms with Crippen LogP contribution < -0.4 is 0 Å². The van der Waals surface area contributed by atoms with Crippen LogP contribution in [0.3, 0.4) is 0 Å². The van der Waals surface area contributed by atoms with Gasteiger partial charge in [0.05, 0.1) is 5.92 Å². The minimum atomic E-state index is -0.615. The number of carboxylic acid groups (broad SMARTS) is 1. The van der Waals surface area contributed by atoms with Crippen molar-refractivity contribution in [3.05, 3.63) is 0 Å². The summed E-state index contributed by atoms with van der Waals surface area (Å²) in [6.45, 7) is 6.45. The van der Waals surface area contributed by atoms with Crippen molar-refractivity contribution in [2.24, 2.45) is 11.8 Å². The number of hydrogen-bond acceptors (Lipinski definition) is 1. The number of rotatable bonds is 25. The fraction of sp³-hybridized carbons (Fsp3) is 0.966. The number of carbonyl (C=O) groups is 1. The first kappa shape index (κ1) is 30.5. The molecule has 0 fully saturated rings. The van der Waals surface area contributed by atoms with Gasteiger partial charge in [-0.2, -0.15) is 0 Å². The number of aliphatic carboxylic acids is 1. The highest BCUT2D eigenvalue weighted by Crippen LogP contribution is 2.25. The average molecular weight is 439 g/mol. The maximum Gasteiger partial charge on any atom is 0.306 e. The summed E-state index contributed by atoms with van der Waals surface area (Å²) < 4.78 is 0. The monoisotopic (exact) mass is 438 g/mol. The van der Waals surface area contributed by atoms with E-state index >= 15 is 0 Å². The lowest BCUT2D eigenvalue weighted by Gasteiger charge is -2.19. The molecule has 186 valence electrons. The number of hydrogen-bond donors (Lipinski definition) is 1. The van der Waals surface area contributed by atoms with E-state index in [-0.39, 0.29) is 5.92 Å². The Morgan fingerprint density at radius 3 is 1.13 bits per heavy atom. The van der Waals surface area contributed by atoms with Gasteiger partial charge in [-0.25, -0.2) is 0 Å². The van der Waals surface area contributed by atoms with Gasteiger partial charge in [0.1, 0.15) is 0 Å². The third-order valence-electron chi connectivity index (χ3n) is 7.04. The van der Waals surface area contributed by atoms with Crippen molar-refractivity contribution in [3.63, 3.8) is 0 Å². The van der Waals surface area contributed by atoms with Gasteiger partial charge in [0.25, 0.3) is 0 Å². The van der Waals surface area contributed by atoms with E-state index < -0.39 is 5.97 Å². The van der Waals surface area contributed by atoms with E-state index in [1.54, 1.807) is 0 Å². The zero-order valence-electron chi connectivity index (χ0n) is 21.8. The zero-order valence-corrected chi connectivity index (χ0v) is 21.8. The van der Waals surface area contributed by atoms with Crippen molar-refractivity contribution in [2.75, 3.05) is 0 Å². The van der Waals surface area contributed by atoms with Crippen LogP contribution in [-0.2, 0) is 4.79 Å². The molecular formula is C29H58O2. The fourth-order valence-corrected chi connectivity index (χ4v) is 4.82. The van der Waals surface area contributed by atoms with Gasteiger partial charge in [-0.1, -0.05) is 162 Å². The minimum absolute atomic E-state index is 0.184. The molecule has 0 aromatic heterocycles. The molecule has 0 radical (unpaired) electrons. The highest BCUT2D eigenvalue weighted by atomic mass is 16.4. The van der Waals surface area contributed by atoms with E-state index in [0.29, 0.717) is 5.92 Å². The molecule has 2 nitrogen and oxygen atoms in total. The van der Waals surface area contributed by atoms with Gasteiger partial charge in [-0.3, -0.25) is 4.79 Å². The van der Waals surface area contributed by atoms with Gasteiger partial charge in [-0.15, -0.1) is 0 Å². The van der Waals surface area contributed by atoms with Crippen molar-refractivity contribution < 1.29 is 9.90 Å². The van der Waals surface area contributed by atoms with Gasteiger partial charge < -0.3 is 5.11 Å². The summed E-state index contributed by atoms with van der Waals surface area (Å²) in [4.78, 5) is 11.3. The molecule has 0 amide bonds. The summed E-state index contributed by atoms with van der Waals surface area (Å²) in [6.07, 6.45) is 30.9. The fourth-order valence-electron chi connectivity index (χ4n) is 4.82. The first-order chi connectivity index (χ1) is 15.1. The van der Waals surface area contributed by atoms with E-state index in [0.717, 1.165) is 6.42 Å². The Bertz CT molecular complexity index is 366. The Kier molecular flexibility index (Phi) is 23.7. The molecule has 0 aromatic rings. The topological polar surface area (TPSA) is 37.3 Å². The van der Waals surface area contributed by atoms with E-state index in [4.69, 9.17) is 0 Å². The van der Waals surface area contributed by atoms with Crippen LogP contribution in [0.4, 0.5) is 0 Å². The molecule has 0 aliphatic carbocycles. The molecule has 0 rings (SSSR count). The van der Waals surface area contributed by atoms with Crippen LogP contribution in [0, 0.1) is 11.8 Å². The molecule has 0 saturated carbocycles. The Labute approximate surface area is 196 Å².